The first kappa shape index (κ1) is 13.8. The highest BCUT2D eigenvalue weighted by Gasteiger charge is 2.26. The highest BCUT2D eigenvalue weighted by Crippen LogP contribution is 2.17. The molecule has 1 unspecified atom stereocenters. The minimum atomic E-state index is 0.126. The van der Waals surface area contributed by atoms with Crippen molar-refractivity contribution >= 4 is 12.0 Å². The molecule has 1 aromatic carbocycles. The van der Waals surface area contributed by atoms with Crippen LogP contribution in [0.2, 0.25) is 0 Å². The van der Waals surface area contributed by atoms with Crippen molar-refractivity contribution in [3.8, 4) is 0 Å². The van der Waals surface area contributed by atoms with E-state index >= 15 is 0 Å². The number of carbonyl (C=O) groups excluding carboxylic acids is 1. The van der Waals surface area contributed by atoms with E-state index in [1.807, 2.05) is 36.2 Å². The normalized spacial score (nSPS) is 19.3. The van der Waals surface area contributed by atoms with Crippen molar-refractivity contribution in [3.05, 3.63) is 41.5 Å². The third kappa shape index (κ3) is 3.44. The molecule has 1 saturated heterocycles. The number of aryl methyl sites for hydroxylation is 1. The molecule has 2 rings (SSSR count). The summed E-state index contributed by atoms with van der Waals surface area (Å²) in [5.41, 5.74) is 2.31. The molecule has 0 spiro atoms. The lowest BCUT2D eigenvalue weighted by Crippen LogP contribution is -2.39. The SMILES string of the molecule is CNCC1CCCN1C(=O)C=Cc1ccccc1C. The first-order valence-corrected chi connectivity index (χ1v) is 6.91. The summed E-state index contributed by atoms with van der Waals surface area (Å²) in [6.45, 7) is 3.82. The van der Waals surface area contributed by atoms with Crippen LogP contribution in [0.4, 0.5) is 0 Å². The number of hydrogen-bond donors (Lipinski definition) is 1. The van der Waals surface area contributed by atoms with Gasteiger partial charge in [0.25, 0.3) is 0 Å². The molecule has 0 saturated carbocycles. The summed E-state index contributed by atoms with van der Waals surface area (Å²) >= 11 is 0. The maximum Gasteiger partial charge on any atom is 0.246 e. The number of rotatable bonds is 4. The van der Waals surface area contributed by atoms with E-state index in [4.69, 9.17) is 0 Å². The molecule has 0 radical (unpaired) electrons. The van der Waals surface area contributed by atoms with Gasteiger partial charge in [0.2, 0.25) is 5.91 Å². The smallest absolute Gasteiger partial charge is 0.246 e. The molecule has 3 heteroatoms. The van der Waals surface area contributed by atoms with Crippen LogP contribution in [0.1, 0.15) is 24.0 Å². The summed E-state index contributed by atoms with van der Waals surface area (Å²) in [7, 11) is 1.93. The molecule has 0 aliphatic carbocycles. The standard InChI is InChI=1S/C16H22N2O/c1-13-6-3-4-7-14(13)9-10-16(19)18-11-5-8-15(18)12-17-2/h3-4,6-7,9-10,15,17H,5,8,11-12H2,1-2H3. The van der Waals surface area contributed by atoms with Crippen molar-refractivity contribution in [2.75, 3.05) is 20.1 Å². The predicted octanol–water partition coefficient (Wildman–Crippen LogP) is 2.22. The summed E-state index contributed by atoms with van der Waals surface area (Å²) in [6.07, 6.45) is 5.84. The fourth-order valence-corrected chi connectivity index (χ4v) is 2.60. The van der Waals surface area contributed by atoms with E-state index < -0.39 is 0 Å². The molecular formula is C16H22N2O. The van der Waals surface area contributed by atoms with Gasteiger partial charge in [0.1, 0.15) is 0 Å². The second-order valence-corrected chi connectivity index (χ2v) is 5.08. The molecule has 1 amide bonds. The molecule has 0 aromatic heterocycles. The van der Waals surface area contributed by atoms with Crippen molar-refractivity contribution < 1.29 is 4.79 Å². The molecule has 1 aliphatic rings. The van der Waals surface area contributed by atoms with E-state index in [1.54, 1.807) is 6.08 Å². The monoisotopic (exact) mass is 258 g/mol. The molecule has 1 aliphatic heterocycles. The maximum absolute atomic E-state index is 12.2. The molecule has 1 fully saturated rings. The van der Waals surface area contributed by atoms with Crippen molar-refractivity contribution in [2.24, 2.45) is 0 Å². The quantitative estimate of drug-likeness (QED) is 0.840. The van der Waals surface area contributed by atoms with Crippen LogP contribution in [0.3, 0.4) is 0 Å². The lowest BCUT2D eigenvalue weighted by molar-refractivity contribution is -0.126. The van der Waals surface area contributed by atoms with Gasteiger partial charge in [-0.1, -0.05) is 24.3 Å². The number of nitrogens with zero attached hydrogens (tertiary/aromatic N) is 1. The molecular weight excluding hydrogens is 236 g/mol. The van der Waals surface area contributed by atoms with Gasteiger partial charge in [0.15, 0.2) is 0 Å². The summed E-state index contributed by atoms with van der Waals surface area (Å²) in [6, 6.07) is 8.45. The van der Waals surface area contributed by atoms with Crippen LogP contribution < -0.4 is 5.32 Å². The van der Waals surface area contributed by atoms with Crippen LogP contribution in [0, 0.1) is 6.92 Å². The van der Waals surface area contributed by atoms with E-state index in [-0.39, 0.29) is 5.91 Å². The Hall–Kier alpha value is -1.61. The minimum Gasteiger partial charge on any atom is -0.335 e. The Morgan fingerprint density at radius 1 is 1.47 bits per heavy atom. The Labute approximate surface area is 115 Å². The van der Waals surface area contributed by atoms with Crippen LogP contribution >= 0.6 is 0 Å². The fraction of sp³-hybridized carbons (Fsp3) is 0.438. The van der Waals surface area contributed by atoms with Crippen molar-refractivity contribution in [1.82, 2.24) is 10.2 Å². The van der Waals surface area contributed by atoms with Gasteiger partial charge >= 0.3 is 0 Å². The van der Waals surface area contributed by atoms with Crippen molar-refractivity contribution in [1.29, 1.82) is 0 Å². The van der Waals surface area contributed by atoms with Crippen LogP contribution in [0.15, 0.2) is 30.3 Å². The molecule has 1 heterocycles. The van der Waals surface area contributed by atoms with Crippen molar-refractivity contribution in [3.63, 3.8) is 0 Å². The second-order valence-electron chi connectivity index (χ2n) is 5.08. The van der Waals surface area contributed by atoms with E-state index in [2.05, 4.69) is 18.3 Å². The zero-order valence-electron chi connectivity index (χ0n) is 11.7. The lowest BCUT2D eigenvalue weighted by atomic mass is 10.1. The Balaban J connectivity index is 2.03. The average Bonchev–Trinajstić information content (AvgIpc) is 2.86. The van der Waals surface area contributed by atoms with Gasteiger partial charge in [0, 0.05) is 25.2 Å². The third-order valence-electron chi connectivity index (χ3n) is 3.69. The number of nitrogens with one attached hydrogen (secondary N) is 1. The zero-order chi connectivity index (χ0) is 13.7. The molecule has 0 bridgehead atoms. The maximum atomic E-state index is 12.2. The predicted molar refractivity (Wildman–Crippen MR) is 78.9 cm³/mol. The van der Waals surface area contributed by atoms with Gasteiger partial charge in [-0.2, -0.15) is 0 Å². The number of likely N-dealkylation sites (N-methyl/N-ethyl adjacent to an activating group) is 1. The number of amides is 1. The summed E-state index contributed by atoms with van der Waals surface area (Å²) < 4.78 is 0. The molecule has 102 valence electrons. The Bertz CT molecular complexity index is 468. The van der Waals surface area contributed by atoms with Crippen LogP contribution in [0.25, 0.3) is 6.08 Å². The van der Waals surface area contributed by atoms with Crippen molar-refractivity contribution in [2.45, 2.75) is 25.8 Å². The number of hydrogen-bond acceptors (Lipinski definition) is 2. The largest absolute Gasteiger partial charge is 0.335 e. The topological polar surface area (TPSA) is 32.3 Å². The highest BCUT2D eigenvalue weighted by molar-refractivity contribution is 5.92. The third-order valence-corrected chi connectivity index (χ3v) is 3.69. The first-order valence-electron chi connectivity index (χ1n) is 6.91. The average molecular weight is 258 g/mol. The van der Waals surface area contributed by atoms with E-state index in [0.29, 0.717) is 6.04 Å². The Morgan fingerprint density at radius 3 is 3.00 bits per heavy atom. The Kier molecular flexibility index (Phi) is 4.74. The highest BCUT2D eigenvalue weighted by atomic mass is 16.2. The summed E-state index contributed by atoms with van der Waals surface area (Å²) in [4.78, 5) is 14.2. The fourth-order valence-electron chi connectivity index (χ4n) is 2.60. The number of benzene rings is 1. The number of carbonyl (C=O) groups is 1. The molecule has 19 heavy (non-hydrogen) atoms. The van der Waals surface area contributed by atoms with Gasteiger partial charge in [-0.3, -0.25) is 4.79 Å². The van der Waals surface area contributed by atoms with Crippen LogP contribution in [-0.4, -0.2) is 37.0 Å². The van der Waals surface area contributed by atoms with Gasteiger partial charge < -0.3 is 10.2 Å². The van der Waals surface area contributed by atoms with Gasteiger partial charge in [-0.05, 0) is 44.0 Å². The van der Waals surface area contributed by atoms with E-state index in [0.717, 1.165) is 31.5 Å². The van der Waals surface area contributed by atoms with Gasteiger partial charge in [-0.15, -0.1) is 0 Å². The van der Waals surface area contributed by atoms with Gasteiger partial charge in [0.05, 0.1) is 0 Å². The zero-order valence-corrected chi connectivity index (χ0v) is 11.7. The van der Waals surface area contributed by atoms with Crippen LogP contribution in [0.5, 0.6) is 0 Å². The van der Waals surface area contributed by atoms with E-state index in [9.17, 15) is 4.79 Å². The molecule has 3 nitrogen and oxygen atoms in total. The minimum absolute atomic E-state index is 0.126. The molecule has 1 N–H and O–H groups in total. The first-order chi connectivity index (χ1) is 9.22. The molecule has 1 atom stereocenters. The van der Waals surface area contributed by atoms with E-state index in [1.165, 1.54) is 5.56 Å². The van der Waals surface area contributed by atoms with Crippen LogP contribution in [-0.2, 0) is 4.79 Å². The lowest BCUT2D eigenvalue weighted by Gasteiger charge is -2.23. The van der Waals surface area contributed by atoms with Gasteiger partial charge in [-0.25, -0.2) is 0 Å². The number of likely N-dealkylation sites (tertiary alicyclic amines) is 1. The summed E-state index contributed by atoms with van der Waals surface area (Å²) in [5.74, 6) is 0.126. The Morgan fingerprint density at radius 2 is 2.26 bits per heavy atom. The second kappa shape index (κ2) is 6.53. The summed E-state index contributed by atoms with van der Waals surface area (Å²) in [5, 5.41) is 3.16. The molecule has 1 aromatic rings.